The first-order valence-electron chi connectivity index (χ1n) is 11.4. The van der Waals surface area contributed by atoms with Crippen LogP contribution in [-0.2, 0) is 25.7 Å². The molecule has 0 atom stereocenters. The van der Waals surface area contributed by atoms with Crippen molar-refractivity contribution in [2.75, 3.05) is 0 Å². The third-order valence-corrected chi connectivity index (χ3v) is 6.42. The standard InChI is InChI=1S/C27H38/c1-3-5-7-23-10-14-25(15-11-23)21-27-18-16-26(17-19-27)20-24-12-8-22(6-4-2)9-13-24/h8-15,26-27H,3-7,16-21H2,1-2H3/t26-,27-. The molecule has 0 heterocycles. The highest BCUT2D eigenvalue weighted by atomic mass is 14.3. The second-order valence-corrected chi connectivity index (χ2v) is 8.78. The predicted molar refractivity (Wildman–Crippen MR) is 118 cm³/mol. The van der Waals surface area contributed by atoms with Gasteiger partial charge in [-0.05, 0) is 91.9 Å². The second kappa shape index (κ2) is 10.7. The highest BCUT2D eigenvalue weighted by molar-refractivity contribution is 5.24. The van der Waals surface area contributed by atoms with E-state index in [-0.39, 0.29) is 0 Å². The molecule has 0 heteroatoms. The summed E-state index contributed by atoms with van der Waals surface area (Å²) >= 11 is 0. The first-order chi connectivity index (χ1) is 13.3. The maximum Gasteiger partial charge on any atom is -0.0250 e. The van der Waals surface area contributed by atoms with Gasteiger partial charge in [0.05, 0.1) is 0 Å². The van der Waals surface area contributed by atoms with Crippen molar-refractivity contribution in [3.05, 3.63) is 70.8 Å². The van der Waals surface area contributed by atoms with Crippen molar-refractivity contribution >= 4 is 0 Å². The lowest BCUT2D eigenvalue weighted by atomic mass is 9.77. The Morgan fingerprint density at radius 1 is 0.556 bits per heavy atom. The van der Waals surface area contributed by atoms with Crippen LogP contribution in [0.1, 0.15) is 81.0 Å². The van der Waals surface area contributed by atoms with Gasteiger partial charge >= 0.3 is 0 Å². The van der Waals surface area contributed by atoms with Gasteiger partial charge in [-0.25, -0.2) is 0 Å². The average Bonchev–Trinajstić information content (AvgIpc) is 2.71. The van der Waals surface area contributed by atoms with Crippen molar-refractivity contribution in [2.45, 2.75) is 84.5 Å². The molecule has 0 radical (unpaired) electrons. The van der Waals surface area contributed by atoms with Gasteiger partial charge in [-0.2, -0.15) is 0 Å². The molecule has 1 fully saturated rings. The molecule has 0 bridgehead atoms. The molecule has 3 rings (SSSR count). The van der Waals surface area contributed by atoms with E-state index in [4.69, 9.17) is 0 Å². The normalized spacial score (nSPS) is 19.9. The fraction of sp³-hybridized carbons (Fsp3) is 0.556. The van der Waals surface area contributed by atoms with E-state index < -0.39 is 0 Å². The van der Waals surface area contributed by atoms with Gasteiger partial charge < -0.3 is 0 Å². The molecule has 0 spiro atoms. The molecule has 2 aromatic rings. The van der Waals surface area contributed by atoms with Crippen LogP contribution in [0.3, 0.4) is 0 Å². The van der Waals surface area contributed by atoms with Gasteiger partial charge in [0.1, 0.15) is 0 Å². The number of rotatable bonds is 9. The Morgan fingerprint density at radius 2 is 0.963 bits per heavy atom. The molecular formula is C27H38. The third-order valence-electron chi connectivity index (χ3n) is 6.42. The summed E-state index contributed by atoms with van der Waals surface area (Å²) in [4.78, 5) is 0. The van der Waals surface area contributed by atoms with Gasteiger partial charge in [0.2, 0.25) is 0 Å². The Balaban J connectivity index is 1.42. The van der Waals surface area contributed by atoms with Crippen LogP contribution in [0.15, 0.2) is 48.5 Å². The fourth-order valence-corrected chi connectivity index (χ4v) is 4.66. The first-order valence-corrected chi connectivity index (χ1v) is 11.4. The van der Waals surface area contributed by atoms with Crippen molar-refractivity contribution < 1.29 is 0 Å². The third kappa shape index (κ3) is 6.52. The molecule has 146 valence electrons. The van der Waals surface area contributed by atoms with Crippen LogP contribution in [0, 0.1) is 11.8 Å². The second-order valence-electron chi connectivity index (χ2n) is 8.78. The minimum Gasteiger partial charge on any atom is -0.0654 e. The highest BCUT2D eigenvalue weighted by Crippen LogP contribution is 2.33. The number of benzene rings is 2. The number of unbranched alkanes of at least 4 members (excludes halogenated alkanes) is 1. The van der Waals surface area contributed by atoms with Crippen molar-refractivity contribution in [2.24, 2.45) is 11.8 Å². The molecule has 1 aliphatic carbocycles. The smallest absolute Gasteiger partial charge is 0.0250 e. The molecule has 1 aliphatic rings. The molecule has 0 N–H and O–H groups in total. The van der Waals surface area contributed by atoms with E-state index in [0.717, 1.165) is 11.8 Å². The van der Waals surface area contributed by atoms with Crippen molar-refractivity contribution in [1.82, 2.24) is 0 Å². The van der Waals surface area contributed by atoms with Crippen LogP contribution in [0.4, 0.5) is 0 Å². The molecule has 0 nitrogen and oxygen atoms in total. The first kappa shape index (κ1) is 20.2. The average molecular weight is 363 g/mol. The molecule has 0 aliphatic heterocycles. The number of hydrogen-bond acceptors (Lipinski definition) is 0. The lowest BCUT2D eigenvalue weighted by Gasteiger charge is -2.28. The molecule has 0 unspecified atom stereocenters. The van der Waals surface area contributed by atoms with Gasteiger partial charge in [-0.1, -0.05) is 75.2 Å². The molecule has 1 saturated carbocycles. The Morgan fingerprint density at radius 3 is 1.37 bits per heavy atom. The van der Waals surface area contributed by atoms with E-state index in [2.05, 4.69) is 62.4 Å². The van der Waals surface area contributed by atoms with Crippen molar-refractivity contribution in [3.8, 4) is 0 Å². The molecule has 27 heavy (non-hydrogen) atoms. The van der Waals surface area contributed by atoms with Gasteiger partial charge in [0.15, 0.2) is 0 Å². The number of hydrogen-bond donors (Lipinski definition) is 0. The summed E-state index contributed by atoms with van der Waals surface area (Å²) in [6, 6.07) is 18.9. The van der Waals surface area contributed by atoms with Crippen LogP contribution < -0.4 is 0 Å². The minimum absolute atomic E-state index is 0.898. The molecule has 2 aromatic carbocycles. The summed E-state index contributed by atoms with van der Waals surface area (Å²) in [6.45, 7) is 4.53. The molecule has 0 amide bonds. The SMILES string of the molecule is CCCCc1ccc(C[C@H]2CC[C@H](Cc3ccc(CCC)cc3)CC2)cc1. The van der Waals surface area contributed by atoms with Gasteiger partial charge in [-0.15, -0.1) is 0 Å². The monoisotopic (exact) mass is 362 g/mol. The van der Waals surface area contributed by atoms with Crippen molar-refractivity contribution in [3.63, 3.8) is 0 Å². The lowest BCUT2D eigenvalue weighted by Crippen LogP contribution is -2.18. The zero-order chi connectivity index (χ0) is 18.9. The van der Waals surface area contributed by atoms with E-state index >= 15 is 0 Å². The maximum absolute atomic E-state index is 2.38. The van der Waals surface area contributed by atoms with Crippen molar-refractivity contribution in [1.29, 1.82) is 0 Å². The summed E-state index contributed by atoms with van der Waals surface area (Å²) in [5, 5.41) is 0. The quantitative estimate of drug-likeness (QED) is 0.431. The van der Waals surface area contributed by atoms with Crippen LogP contribution in [0.5, 0.6) is 0 Å². The number of aryl methyl sites for hydroxylation is 2. The van der Waals surface area contributed by atoms with E-state index in [1.807, 2.05) is 0 Å². The fourth-order valence-electron chi connectivity index (χ4n) is 4.66. The van der Waals surface area contributed by atoms with Gasteiger partial charge in [0, 0.05) is 0 Å². The largest absolute Gasteiger partial charge is 0.0654 e. The van der Waals surface area contributed by atoms with Gasteiger partial charge in [-0.3, -0.25) is 0 Å². The Hall–Kier alpha value is -1.56. The lowest BCUT2D eigenvalue weighted by molar-refractivity contribution is 0.272. The summed E-state index contributed by atoms with van der Waals surface area (Å²) in [5.41, 5.74) is 6.09. The van der Waals surface area contributed by atoms with E-state index in [1.165, 1.54) is 81.8 Å². The maximum atomic E-state index is 2.38. The Bertz CT molecular complexity index is 641. The van der Waals surface area contributed by atoms with Crippen LogP contribution in [0.25, 0.3) is 0 Å². The zero-order valence-corrected chi connectivity index (χ0v) is 17.6. The zero-order valence-electron chi connectivity index (χ0n) is 17.6. The van der Waals surface area contributed by atoms with E-state index in [0.29, 0.717) is 0 Å². The Kier molecular flexibility index (Phi) is 7.99. The van der Waals surface area contributed by atoms with Crippen LogP contribution in [-0.4, -0.2) is 0 Å². The van der Waals surface area contributed by atoms with E-state index in [1.54, 1.807) is 11.1 Å². The molecular weight excluding hydrogens is 324 g/mol. The Labute approximate surface area is 167 Å². The summed E-state index contributed by atoms with van der Waals surface area (Å²) in [7, 11) is 0. The molecule has 0 aromatic heterocycles. The summed E-state index contributed by atoms with van der Waals surface area (Å²) < 4.78 is 0. The van der Waals surface area contributed by atoms with Crippen LogP contribution in [0.2, 0.25) is 0 Å². The summed E-state index contributed by atoms with van der Waals surface area (Å²) in [6.07, 6.45) is 14.5. The van der Waals surface area contributed by atoms with E-state index in [9.17, 15) is 0 Å². The van der Waals surface area contributed by atoms with Crippen LogP contribution >= 0.6 is 0 Å². The summed E-state index contributed by atoms with van der Waals surface area (Å²) in [5.74, 6) is 1.80. The highest BCUT2D eigenvalue weighted by Gasteiger charge is 2.21. The predicted octanol–water partition coefficient (Wildman–Crippen LogP) is 7.57. The molecule has 0 saturated heterocycles. The topological polar surface area (TPSA) is 0 Å². The minimum atomic E-state index is 0.898. The van der Waals surface area contributed by atoms with Gasteiger partial charge in [0.25, 0.3) is 0 Å².